The van der Waals surface area contributed by atoms with Crippen molar-refractivity contribution in [2.45, 2.75) is 26.4 Å². The lowest BCUT2D eigenvalue weighted by Gasteiger charge is -2.18. The Balaban J connectivity index is 0.00000256. The molecule has 0 saturated carbocycles. The van der Waals surface area contributed by atoms with E-state index in [2.05, 4.69) is 9.98 Å². The second kappa shape index (κ2) is 7.01. The molecule has 0 aliphatic heterocycles. The molecule has 0 radical (unpaired) electrons. The molecule has 0 aromatic carbocycles. The number of esters is 1. The SMILES string of the molecule is CC(C)(C)OC(=O)CN=Cc1cccnc1.Cl. The molecular weight excluding hydrogens is 240 g/mol. The monoisotopic (exact) mass is 256 g/mol. The number of carbonyl (C=O) groups is 1. The fourth-order valence-corrected chi connectivity index (χ4v) is 1.05. The molecule has 0 bridgehead atoms. The Labute approximate surface area is 108 Å². The van der Waals surface area contributed by atoms with Crippen molar-refractivity contribution in [3.8, 4) is 0 Å². The molecule has 0 saturated heterocycles. The van der Waals surface area contributed by atoms with E-state index in [4.69, 9.17) is 4.74 Å². The number of nitrogens with zero attached hydrogens (tertiary/aromatic N) is 2. The van der Waals surface area contributed by atoms with E-state index < -0.39 is 5.60 Å². The molecule has 0 N–H and O–H groups in total. The first-order chi connectivity index (χ1) is 7.47. The molecule has 0 aliphatic rings. The number of ether oxygens (including phenoxy) is 1. The average Bonchev–Trinajstić information content (AvgIpc) is 2.16. The van der Waals surface area contributed by atoms with Crippen LogP contribution in [0.15, 0.2) is 29.5 Å². The van der Waals surface area contributed by atoms with Crippen LogP contribution in [0, 0.1) is 0 Å². The summed E-state index contributed by atoms with van der Waals surface area (Å²) in [5, 5.41) is 0. The van der Waals surface area contributed by atoms with Gasteiger partial charge in [-0.15, -0.1) is 12.4 Å². The summed E-state index contributed by atoms with van der Waals surface area (Å²) in [4.78, 5) is 19.2. The zero-order valence-corrected chi connectivity index (χ0v) is 11.0. The van der Waals surface area contributed by atoms with E-state index in [9.17, 15) is 4.79 Å². The molecule has 5 heteroatoms. The fourth-order valence-electron chi connectivity index (χ4n) is 1.05. The number of pyridine rings is 1. The fraction of sp³-hybridized carbons (Fsp3) is 0.417. The summed E-state index contributed by atoms with van der Waals surface area (Å²) in [6.07, 6.45) is 4.97. The minimum atomic E-state index is -0.457. The Bertz CT molecular complexity index is 372. The van der Waals surface area contributed by atoms with Crippen molar-refractivity contribution in [2.24, 2.45) is 4.99 Å². The van der Waals surface area contributed by atoms with Crippen molar-refractivity contribution in [1.82, 2.24) is 4.98 Å². The molecule has 4 nitrogen and oxygen atoms in total. The van der Waals surface area contributed by atoms with Gasteiger partial charge in [0.1, 0.15) is 12.1 Å². The maximum atomic E-state index is 11.3. The second-order valence-corrected chi connectivity index (χ2v) is 4.34. The summed E-state index contributed by atoms with van der Waals surface area (Å²) in [5.41, 5.74) is 0.409. The minimum absolute atomic E-state index is 0. The van der Waals surface area contributed by atoms with Crippen LogP contribution < -0.4 is 0 Å². The lowest BCUT2D eigenvalue weighted by Crippen LogP contribution is -2.25. The van der Waals surface area contributed by atoms with Crippen molar-refractivity contribution in [3.05, 3.63) is 30.1 Å². The van der Waals surface area contributed by atoms with E-state index in [1.807, 2.05) is 32.9 Å². The molecule has 94 valence electrons. The number of carbonyl (C=O) groups excluding carboxylic acids is 1. The van der Waals surface area contributed by atoms with E-state index in [-0.39, 0.29) is 24.9 Å². The summed E-state index contributed by atoms with van der Waals surface area (Å²) in [7, 11) is 0. The van der Waals surface area contributed by atoms with Gasteiger partial charge in [-0.1, -0.05) is 6.07 Å². The number of aromatic nitrogens is 1. The quantitative estimate of drug-likeness (QED) is 0.616. The van der Waals surface area contributed by atoms with Crippen molar-refractivity contribution >= 4 is 24.6 Å². The lowest BCUT2D eigenvalue weighted by molar-refractivity contribution is -0.152. The van der Waals surface area contributed by atoms with E-state index >= 15 is 0 Å². The third kappa shape index (κ3) is 7.47. The van der Waals surface area contributed by atoms with Crippen molar-refractivity contribution in [3.63, 3.8) is 0 Å². The number of hydrogen-bond acceptors (Lipinski definition) is 4. The van der Waals surface area contributed by atoms with Crippen LogP contribution in [0.1, 0.15) is 26.3 Å². The molecule has 0 amide bonds. The van der Waals surface area contributed by atoms with Crippen molar-refractivity contribution in [1.29, 1.82) is 0 Å². The van der Waals surface area contributed by atoms with Gasteiger partial charge in [-0.2, -0.15) is 0 Å². The molecule has 1 aromatic heterocycles. The summed E-state index contributed by atoms with van der Waals surface area (Å²) >= 11 is 0. The van der Waals surface area contributed by atoms with Crippen LogP contribution in [0.4, 0.5) is 0 Å². The third-order valence-electron chi connectivity index (χ3n) is 1.57. The van der Waals surface area contributed by atoms with Gasteiger partial charge in [-0.05, 0) is 26.8 Å². The van der Waals surface area contributed by atoms with Crippen molar-refractivity contribution < 1.29 is 9.53 Å². The van der Waals surface area contributed by atoms with Gasteiger partial charge in [-0.3, -0.25) is 14.8 Å². The number of aliphatic imine (C=N–C) groups is 1. The van der Waals surface area contributed by atoms with Gasteiger partial charge in [0, 0.05) is 24.2 Å². The standard InChI is InChI=1S/C12H16N2O2.ClH/c1-12(2,3)16-11(15)9-14-8-10-5-4-6-13-7-10;/h4-8H,9H2,1-3H3;1H. The molecule has 0 aliphatic carbocycles. The molecule has 0 fully saturated rings. The van der Waals surface area contributed by atoms with E-state index in [1.165, 1.54) is 0 Å². The zero-order valence-electron chi connectivity index (χ0n) is 10.2. The molecular formula is C12H17ClN2O2. The van der Waals surface area contributed by atoms with Crippen LogP contribution >= 0.6 is 12.4 Å². The molecule has 1 rings (SSSR count). The molecule has 1 aromatic rings. The first-order valence-corrected chi connectivity index (χ1v) is 5.09. The Morgan fingerprint density at radius 1 is 1.53 bits per heavy atom. The largest absolute Gasteiger partial charge is 0.459 e. The Morgan fingerprint density at radius 3 is 2.76 bits per heavy atom. The highest BCUT2D eigenvalue weighted by Gasteiger charge is 2.15. The zero-order chi connectivity index (χ0) is 12.0. The van der Waals surface area contributed by atoms with Crippen LogP contribution in [0.25, 0.3) is 0 Å². The average molecular weight is 257 g/mol. The highest BCUT2D eigenvalue weighted by Crippen LogP contribution is 2.06. The second-order valence-electron chi connectivity index (χ2n) is 4.34. The maximum absolute atomic E-state index is 11.3. The summed E-state index contributed by atoms with van der Waals surface area (Å²) in [6.45, 7) is 5.52. The Kier molecular flexibility index (Phi) is 6.43. The highest BCUT2D eigenvalue weighted by atomic mass is 35.5. The number of hydrogen-bond donors (Lipinski definition) is 0. The predicted octanol–water partition coefficient (Wildman–Crippen LogP) is 2.26. The summed E-state index contributed by atoms with van der Waals surface area (Å²) in [5.74, 6) is -0.326. The first kappa shape index (κ1) is 15.6. The number of rotatable bonds is 3. The van der Waals surface area contributed by atoms with E-state index in [0.717, 1.165) is 5.56 Å². The van der Waals surface area contributed by atoms with E-state index in [1.54, 1.807) is 18.6 Å². The van der Waals surface area contributed by atoms with Gasteiger partial charge in [0.25, 0.3) is 0 Å². The Hall–Kier alpha value is -1.42. The molecule has 0 unspecified atom stereocenters. The van der Waals surface area contributed by atoms with Gasteiger partial charge < -0.3 is 4.74 Å². The summed E-state index contributed by atoms with van der Waals surface area (Å²) < 4.78 is 5.11. The van der Waals surface area contributed by atoms with E-state index in [0.29, 0.717) is 0 Å². The molecule has 17 heavy (non-hydrogen) atoms. The molecule has 0 spiro atoms. The smallest absolute Gasteiger partial charge is 0.328 e. The van der Waals surface area contributed by atoms with Gasteiger partial charge >= 0.3 is 5.97 Å². The van der Waals surface area contributed by atoms with Crippen LogP contribution in [-0.4, -0.2) is 29.3 Å². The third-order valence-corrected chi connectivity index (χ3v) is 1.57. The van der Waals surface area contributed by atoms with Crippen LogP contribution in [0.3, 0.4) is 0 Å². The minimum Gasteiger partial charge on any atom is -0.459 e. The molecule has 1 heterocycles. The van der Waals surface area contributed by atoms with Gasteiger partial charge in [-0.25, -0.2) is 0 Å². The number of halogens is 1. The predicted molar refractivity (Wildman–Crippen MR) is 69.8 cm³/mol. The Morgan fingerprint density at radius 2 is 2.24 bits per heavy atom. The van der Waals surface area contributed by atoms with Gasteiger partial charge in [0.15, 0.2) is 0 Å². The normalized spacial score (nSPS) is 11.0. The van der Waals surface area contributed by atoms with Crippen molar-refractivity contribution in [2.75, 3.05) is 6.54 Å². The summed E-state index contributed by atoms with van der Waals surface area (Å²) in [6, 6.07) is 3.68. The van der Waals surface area contributed by atoms with Gasteiger partial charge in [0.2, 0.25) is 0 Å². The van der Waals surface area contributed by atoms with Crippen LogP contribution in [0.2, 0.25) is 0 Å². The van der Waals surface area contributed by atoms with Crippen LogP contribution in [0.5, 0.6) is 0 Å². The lowest BCUT2D eigenvalue weighted by atomic mass is 10.2. The highest BCUT2D eigenvalue weighted by molar-refractivity contribution is 5.85. The topological polar surface area (TPSA) is 51.5 Å². The van der Waals surface area contributed by atoms with Gasteiger partial charge in [0.05, 0.1) is 0 Å². The molecule has 0 atom stereocenters. The maximum Gasteiger partial charge on any atom is 0.328 e. The first-order valence-electron chi connectivity index (χ1n) is 5.09. The van der Waals surface area contributed by atoms with Crippen LogP contribution in [-0.2, 0) is 9.53 Å².